The van der Waals surface area contributed by atoms with Gasteiger partial charge >= 0.3 is 0 Å². The highest BCUT2D eigenvalue weighted by Gasteiger charge is 2.20. The fourth-order valence-corrected chi connectivity index (χ4v) is 10.8. The van der Waals surface area contributed by atoms with Gasteiger partial charge in [0.05, 0.1) is 5.69 Å². The topological polar surface area (TPSA) is 3.24 Å². The summed E-state index contributed by atoms with van der Waals surface area (Å²) in [5, 5.41) is 5.15. The van der Waals surface area contributed by atoms with Crippen molar-refractivity contribution in [3.05, 3.63) is 261 Å². The van der Waals surface area contributed by atoms with Crippen molar-refractivity contribution in [3.63, 3.8) is 0 Å². The van der Waals surface area contributed by atoms with Crippen LogP contribution >= 0.6 is 11.3 Å². The second kappa shape index (κ2) is 17.0. The SMILES string of the molecule is c1ccc(-c2ccccc2-c2ccccc2N(c2ccc(-c3ccc(-c4cccc(-c5ccc6ccccc6c5)c4)cc3)cc2)c2ccc(-c3cccc4sc5ccccc5c34)cc2)cc1. The molecule has 1 nitrogen and oxygen atoms in total. The molecule has 2 heteroatoms. The lowest BCUT2D eigenvalue weighted by Gasteiger charge is -2.29. The van der Waals surface area contributed by atoms with Crippen molar-refractivity contribution >= 4 is 59.3 Å². The summed E-state index contributed by atoms with van der Waals surface area (Å²) in [7, 11) is 0. The first kappa shape index (κ1) is 39.3. The zero-order chi connectivity index (χ0) is 43.8. The van der Waals surface area contributed by atoms with E-state index in [2.05, 4.69) is 266 Å². The minimum atomic E-state index is 1.09. The van der Waals surface area contributed by atoms with Gasteiger partial charge < -0.3 is 4.90 Å². The van der Waals surface area contributed by atoms with Gasteiger partial charge in [0.25, 0.3) is 0 Å². The van der Waals surface area contributed by atoms with E-state index in [1.807, 2.05) is 11.3 Å². The smallest absolute Gasteiger partial charge is 0.0540 e. The first-order chi connectivity index (χ1) is 32.7. The van der Waals surface area contributed by atoms with Crippen LogP contribution in [-0.2, 0) is 0 Å². The van der Waals surface area contributed by atoms with Gasteiger partial charge in [-0.2, -0.15) is 0 Å². The quantitative estimate of drug-likeness (QED) is 0.140. The second-order valence-corrected chi connectivity index (χ2v) is 17.9. The molecule has 0 bridgehead atoms. The number of hydrogen-bond acceptors (Lipinski definition) is 2. The van der Waals surface area contributed by atoms with Gasteiger partial charge in [-0.15, -0.1) is 11.3 Å². The van der Waals surface area contributed by atoms with Gasteiger partial charge in [0.15, 0.2) is 0 Å². The Morgan fingerprint density at radius 2 is 0.727 bits per heavy atom. The van der Waals surface area contributed by atoms with Gasteiger partial charge in [0, 0.05) is 37.1 Å². The molecule has 12 rings (SSSR count). The molecule has 0 aliphatic rings. The predicted octanol–water partition coefficient (Wildman–Crippen LogP) is 18.7. The maximum absolute atomic E-state index is 2.41. The van der Waals surface area contributed by atoms with E-state index in [-0.39, 0.29) is 0 Å². The summed E-state index contributed by atoms with van der Waals surface area (Å²) >= 11 is 1.86. The number of nitrogens with zero attached hydrogens (tertiary/aromatic N) is 1. The van der Waals surface area contributed by atoms with Crippen LogP contribution in [0.25, 0.3) is 97.7 Å². The third-order valence-corrected chi connectivity index (χ3v) is 14.0. The van der Waals surface area contributed by atoms with Gasteiger partial charge in [0.1, 0.15) is 0 Å². The number of para-hydroxylation sites is 1. The summed E-state index contributed by atoms with van der Waals surface area (Å²) < 4.78 is 2.63. The number of fused-ring (bicyclic) bond motifs is 4. The van der Waals surface area contributed by atoms with Crippen LogP contribution in [0.2, 0.25) is 0 Å². The minimum Gasteiger partial charge on any atom is -0.310 e. The van der Waals surface area contributed by atoms with E-state index in [1.165, 1.54) is 97.7 Å². The van der Waals surface area contributed by atoms with E-state index in [4.69, 9.17) is 0 Å². The van der Waals surface area contributed by atoms with Gasteiger partial charge in [0.2, 0.25) is 0 Å². The number of hydrogen-bond donors (Lipinski definition) is 0. The van der Waals surface area contributed by atoms with Crippen molar-refractivity contribution in [3.8, 4) is 66.8 Å². The number of anilines is 3. The molecular weight excluding hydrogens is 815 g/mol. The molecule has 0 radical (unpaired) electrons. The third kappa shape index (κ3) is 7.34. The van der Waals surface area contributed by atoms with Gasteiger partial charge in [-0.3, -0.25) is 0 Å². The van der Waals surface area contributed by atoms with Crippen LogP contribution in [0.1, 0.15) is 0 Å². The molecule has 11 aromatic carbocycles. The first-order valence-electron chi connectivity index (χ1n) is 22.6. The predicted molar refractivity (Wildman–Crippen MR) is 284 cm³/mol. The fourth-order valence-electron chi connectivity index (χ4n) is 9.62. The summed E-state index contributed by atoms with van der Waals surface area (Å²) in [4.78, 5) is 2.41. The maximum atomic E-state index is 2.41. The molecule has 0 N–H and O–H groups in total. The van der Waals surface area contributed by atoms with Crippen molar-refractivity contribution in [2.45, 2.75) is 0 Å². The third-order valence-electron chi connectivity index (χ3n) is 12.9. The number of rotatable bonds is 9. The number of thiophene rings is 1. The van der Waals surface area contributed by atoms with Crippen molar-refractivity contribution in [2.75, 3.05) is 4.90 Å². The molecule has 66 heavy (non-hydrogen) atoms. The highest BCUT2D eigenvalue weighted by Crippen LogP contribution is 2.45. The minimum absolute atomic E-state index is 1.09. The van der Waals surface area contributed by atoms with Crippen LogP contribution in [0.4, 0.5) is 17.1 Å². The van der Waals surface area contributed by atoms with E-state index in [0.717, 1.165) is 17.1 Å². The Hall–Kier alpha value is -8.30. The fraction of sp³-hybridized carbons (Fsp3) is 0. The lowest BCUT2D eigenvalue weighted by Crippen LogP contribution is -2.11. The van der Waals surface area contributed by atoms with Crippen LogP contribution in [-0.4, -0.2) is 0 Å². The van der Waals surface area contributed by atoms with Crippen molar-refractivity contribution in [1.82, 2.24) is 0 Å². The summed E-state index contributed by atoms with van der Waals surface area (Å²) in [6.45, 7) is 0. The molecule has 0 saturated carbocycles. The Bertz CT molecular complexity index is 3680. The molecule has 0 aliphatic carbocycles. The average molecular weight is 858 g/mol. The largest absolute Gasteiger partial charge is 0.310 e. The molecule has 1 heterocycles. The van der Waals surface area contributed by atoms with E-state index in [0.29, 0.717) is 0 Å². The highest BCUT2D eigenvalue weighted by atomic mass is 32.1. The average Bonchev–Trinajstić information content (AvgIpc) is 3.79. The van der Waals surface area contributed by atoms with Crippen LogP contribution in [0.15, 0.2) is 261 Å². The van der Waals surface area contributed by atoms with Crippen LogP contribution in [0, 0.1) is 0 Å². The zero-order valence-electron chi connectivity index (χ0n) is 36.2. The Labute approximate surface area is 389 Å². The van der Waals surface area contributed by atoms with E-state index in [9.17, 15) is 0 Å². The van der Waals surface area contributed by atoms with Gasteiger partial charge in [-0.05, 0) is 127 Å². The normalized spacial score (nSPS) is 11.3. The van der Waals surface area contributed by atoms with Crippen LogP contribution in [0.3, 0.4) is 0 Å². The summed E-state index contributed by atoms with van der Waals surface area (Å²) in [6, 6.07) is 95.1. The molecule has 0 fully saturated rings. The van der Waals surface area contributed by atoms with E-state index < -0.39 is 0 Å². The monoisotopic (exact) mass is 857 g/mol. The first-order valence-corrected chi connectivity index (χ1v) is 23.4. The molecule has 1 aromatic heterocycles. The molecule has 310 valence electrons. The van der Waals surface area contributed by atoms with Crippen LogP contribution in [0.5, 0.6) is 0 Å². The van der Waals surface area contributed by atoms with Gasteiger partial charge in [-0.25, -0.2) is 0 Å². The lowest BCUT2D eigenvalue weighted by molar-refractivity contribution is 1.28. The molecule has 0 unspecified atom stereocenters. The molecular formula is C64H43NS. The summed E-state index contributed by atoms with van der Waals surface area (Å²) in [6.07, 6.45) is 0. The Morgan fingerprint density at radius 3 is 1.48 bits per heavy atom. The molecule has 0 spiro atoms. The standard InChI is InChI=1S/C64H43NS/c1-2-15-48(16-3-1)56-20-6-7-21-58(56)59-22-8-10-25-61(59)65(55-40-36-49(37-41-55)57-24-13-27-63-64(57)60-23-9-11-26-62(60)66-63)54-38-34-46(35-39-54)45-28-30-47(31-29-45)51-18-12-19-52(42-51)53-33-32-44-14-4-5-17-50(44)43-53/h1-43H. The summed E-state index contributed by atoms with van der Waals surface area (Å²) in [5.41, 5.74) is 17.7. The van der Waals surface area contributed by atoms with Crippen molar-refractivity contribution < 1.29 is 0 Å². The van der Waals surface area contributed by atoms with Crippen molar-refractivity contribution in [2.24, 2.45) is 0 Å². The van der Waals surface area contributed by atoms with Gasteiger partial charge in [-0.1, -0.05) is 206 Å². The lowest BCUT2D eigenvalue weighted by atomic mass is 9.93. The number of benzene rings is 11. The molecule has 0 amide bonds. The molecule has 0 atom stereocenters. The summed E-state index contributed by atoms with van der Waals surface area (Å²) in [5.74, 6) is 0. The Morgan fingerprint density at radius 1 is 0.258 bits per heavy atom. The van der Waals surface area contributed by atoms with E-state index >= 15 is 0 Å². The zero-order valence-corrected chi connectivity index (χ0v) is 37.0. The van der Waals surface area contributed by atoms with Crippen molar-refractivity contribution in [1.29, 1.82) is 0 Å². The van der Waals surface area contributed by atoms with E-state index in [1.54, 1.807) is 0 Å². The Balaban J connectivity index is 0.912. The molecule has 12 aromatic rings. The maximum Gasteiger partial charge on any atom is 0.0540 e. The van der Waals surface area contributed by atoms with Crippen LogP contribution < -0.4 is 4.90 Å². The Kier molecular flexibility index (Phi) is 10.1. The highest BCUT2D eigenvalue weighted by molar-refractivity contribution is 7.25. The molecule has 0 aliphatic heterocycles. The molecule has 0 saturated heterocycles. The second-order valence-electron chi connectivity index (χ2n) is 16.9.